The lowest BCUT2D eigenvalue weighted by atomic mass is 10.0. The molecule has 0 radical (unpaired) electrons. The third-order valence-electron chi connectivity index (χ3n) is 5.32. The second-order valence-corrected chi connectivity index (χ2v) is 8.08. The lowest BCUT2D eigenvalue weighted by Gasteiger charge is -2.22. The van der Waals surface area contributed by atoms with Crippen molar-refractivity contribution in [2.45, 2.75) is 50.2 Å². The number of nitrogens with two attached hydrogens (primary N) is 4. The minimum Gasteiger partial charge on any atom is -0.480 e. The fourth-order valence-corrected chi connectivity index (χ4v) is 3.50. The number of H-pyrrole nitrogens is 1. The number of carboxylic acid groups (broad SMARTS) is 1. The molecular weight excluding hydrogens is 456 g/mol. The van der Waals surface area contributed by atoms with Crippen LogP contribution in [0.15, 0.2) is 35.5 Å². The van der Waals surface area contributed by atoms with Crippen molar-refractivity contribution in [3.63, 3.8) is 0 Å². The number of hydrogen-bond acceptors (Lipinski definition) is 6. The number of nitrogens with zero attached hydrogens (tertiary/aromatic N) is 1. The van der Waals surface area contributed by atoms with Crippen molar-refractivity contribution in [1.29, 1.82) is 0 Å². The van der Waals surface area contributed by atoms with Crippen LogP contribution in [0.4, 0.5) is 0 Å². The average Bonchev–Trinajstić information content (AvgIpc) is 3.20. The number of aliphatic imine (C=N–C) groups is 1. The molecule has 1 heterocycles. The van der Waals surface area contributed by atoms with E-state index in [-0.39, 0.29) is 38.2 Å². The number of carbonyl (C=O) groups is 4. The smallest absolute Gasteiger partial charge is 0.326 e. The number of fused-ring (bicyclic) bond motifs is 1. The monoisotopic (exact) mass is 488 g/mol. The maximum Gasteiger partial charge on any atom is 0.326 e. The number of rotatable bonds is 14. The molecule has 13 nitrogen and oxygen atoms in total. The van der Waals surface area contributed by atoms with Crippen molar-refractivity contribution in [3.8, 4) is 0 Å². The number of guanidine groups is 1. The van der Waals surface area contributed by atoms with Gasteiger partial charge in [-0.1, -0.05) is 18.2 Å². The van der Waals surface area contributed by atoms with Crippen molar-refractivity contribution >= 4 is 40.6 Å². The fraction of sp³-hybridized carbons (Fsp3) is 0.409. The Kier molecular flexibility index (Phi) is 10.0. The van der Waals surface area contributed by atoms with Gasteiger partial charge in [0.2, 0.25) is 17.7 Å². The summed E-state index contributed by atoms with van der Waals surface area (Å²) in [5, 5.41) is 15.2. The van der Waals surface area contributed by atoms with Gasteiger partial charge in [-0.3, -0.25) is 19.4 Å². The van der Waals surface area contributed by atoms with Gasteiger partial charge in [0, 0.05) is 30.1 Å². The molecule has 0 spiro atoms. The standard InChI is InChI=1S/C22H32N8O5/c23-14(10-12-11-28-15-5-2-1-4-13(12)15)19(32)29-16(6-3-9-27-22(25)26)20(33)30-17(21(34)35)7-8-18(24)31/h1-2,4-5,11,14,16-17,28H,3,6-10,23H2,(H2,24,31)(H,29,32)(H,30,33)(H,34,35)(H4,25,26,27). The van der Waals surface area contributed by atoms with Crippen LogP contribution in [0.2, 0.25) is 0 Å². The van der Waals surface area contributed by atoms with Gasteiger partial charge in [-0.05, 0) is 37.3 Å². The molecule has 190 valence electrons. The van der Waals surface area contributed by atoms with Crippen molar-refractivity contribution in [2.24, 2.45) is 27.9 Å². The molecular formula is C22H32N8O5. The Morgan fingerprint density at radius 1 is 1.00 bits per heavy atom. The van der Waals surface area contributed by atoms with Crippen molar-refractivity contribution in [3.05, 3.63) is 36.0 Å². The number of carbonyl (C=O) groups excluding carboxylic acids is 3. The molecule has 0 aliphatic heterocycles. The molecule has 3 amide bonds. The summed E-state index contributed by atoms with van der Waals surface area (Å²) in [6.07, 6.45) is 2.02. The number of aromatic amines is 1. The molecule has 0 bridgehead atoms. The fourth-order valence-electron chi connectivity index (χ4n) is 3.50. The zero-order chi connectivity index (χ0) is 26.0. The van der Waals surface area contributed by atoms with Gasteiger partial charge in [0.05, 0.1) is 6.04 Å². The predicted molar refractivity (Wildman–Crippen MR) is 130 cm³/mol. The summed E-state index contributed by atoms with van der Waals surface area (Å²) in [6, 6.07) is 4.15. The Labute approximate surface area is 201 Å². The number of para-hydroxylation sites is 1. The largest absolute Gasteiger partial charge is 0.480 e. The summed E-state index contributed by atoms with van der Waals surface area (Å²) in [5.41, 5.74) is 23.6. The van der Waals surface area contributed by atoms with E-state index in [0.29, 0.717) is 6.42 Å². The van der Waals surface area contributed by atoms with Crippen LogP contribution in [-0.4, -0.2) is 64.4 Å². The molecule has 3 unspecified atom stereocenters. The Bertz CT molecular complexity index is 1080. The van der Waals surface area contributed by atoms with E-state index in [1.807, 2.05) is 24.3 Å². The quantitative estimate of drug-likeness (QED) is 0.0872. The molecule has 1 aromatic carbocycles. The first kappa shape index (κ1) is 27.1. The Balaban J connectivity index is 2.08. The predicted octanol–water partition coefficient (Wildman–Crippen LogP) is -1.59. The Morgan fingerprint density at radius 2 is 1.69 bits per heavy atom. The average molecular weight is 489 g/mol. The van der Waals surface area contributed by atoms with Gasteiger partial charge in [0.1, 0.15) is 12.1 Å². The topological polar surface area (TPSA) is 245 Å². The van der Waals surface area contributed by atoms with E-state index in [1.165, 1.54) is 0 Å². The molecule has 3 atom stereocenters. The first-order valence-corrected chi connectivity index (χ1v) is 11.1. The first-order valence-electron chi connectivity index (χ1n) is 11.1. The lowest BCUT2D eigenvalue weighted by molar-refractivity contribution is -0.142. The van der Waals surface area contributed by atoms with Crippen LogP contribution in [0.5, 0.6) is 0 Å². The number of aliphatic carboxylic acids is 1. The number of aromatic nitrogens is 1. The van der Waals surface area contributed by atoms with Crippen molar-refractivity contribution in [1.82, 2.24) is 15.6 Å². The number of benzene rings is 1. The molecule has 2 aromatic rings. The Hall–Kier alpha value is -4.13. The third-order valence-corrected chi connectivity index (χ3v) is 5.32. The number of amides is 3. The summed E-state index contributed by atoms with van der Waals surface area (Å²) in [4.78, 5) is 55.1. The van der Waals surface area contributed by atoms with Gasteiger partial charge in [-0.15, -0.1) is 0 Å². The van der Waals surface area contributed by atoms with E-state index < -0.39 is 41.8 Å². The number of carboxylic acids is 1. The molecule has 0 saturated heterocycles. The van der Waals surface area contributed by atoms with E-state index in [1.54, 1.807) is 6.20 Å². The molecule has 35 heavy (non-hydrogen) atoms. The van der Waals surface area contributed by atoms with Gasteiger partial charge in [-0.25, -0.2) is 4.79 Å². The first-order chi connectivity index (χ1) is 16.6. The second kappa shape index (κ2) is 12.9. The highest BCUT2D eigenvalue weighted by atomic mass is 16.4. The van der Waals surface area contributed by atoms with E-state index in [4.69, 9.17) is 22.9 Å². The van der Waals surface area contributed by atoms with Crippen molar-refractivity contribution < 1.29 is 24.3 Å². The summed E-state index contributed by atoms with van der Waals surface area (Å²) in [5.74, 6) is -3.47. The maximum atomic E-state index is 12.8. The van der Waals surface area contributed by atoms with Gasteiger partial charge in [-0.2, -0.15) is 0 Å². The van der Waals surface area contributed by atoms with Gasteiger partial charge >= 0.3 is 5.97 Å². The summed E-state index contributed by atoms with van der Waals surface area (Å²) >= 11 is 0. The number of nitrogens with one attached hydrogen (secondary N) is 3. The number of hydrogen-bond donors (Lipinski definition) is 8. The molecule has 2 rings (SSSR count). The zero-order valence-corrected chi connectivity index (χ0v) is 19.2. The van der Waals surface area contributed by atoms with Crippen LogP contribution < -0.4 is 33.6 Å². The van der Waals surface area contributed by atoms with Crippen LogP contribution in [-0.2, 0) is 25.6 Å². The van der Waals surface area contributed by atoms with E-state index in [9.17, 15) is 24.3 Å². The minimum atomic E-state index is -1.35. The van der Waals surface area contributed by atoms with E-state index >= 15 is 0 Å². The second-order valence-electron chi connectivity index (χ2n) is 8.08. The Morgan fingerprint density at radius 3 is 2.34 bits per heavy atom. The molecule has 0 aliphatic carbocycles. The van der Waals surface area contributed by atoms with Gasteiger partial charge in [0.25, 0.3) is 0 Å². The van der Waals surface area contributed by atoms with E-state index in [0.717, 1.165) is 16.5 Å². The highest BCUT2D eigenvalue weighted by Gasteiger charge is 2.28. The van der Waals surface area contributed by atoms with Crippen LogP contribution in [0.25, 0.3) is 10.9 Å². The zero-order valence-electron chi connectivity index (χ0n) is 19.2. The number of primary amides is 1. The summed E-state index contributed by atoms with van der Waals surface area (Å²) in [7, 11) is 0. The molecule has 0 aliphatic rings. The highest BCUT2D eigenvalue weighted by molar-refractivity contribution is 5.92. The molecule has 12 N–H and O–H groups in total. The van der Waals surface area contributed by atoms with Crippen LogP contribution in [0.1, 0.15) is 31.2 Å². The maximum absolute atomic E-state index is 12.8. The molecule has 0 fully saturated rings. The molecule has 0 saturated carbocycles. The molecule has 1 aromatic heterocycles. The third kappa shape index (κ3) is 8.62. The van der Waals surface area contributed by atoms with Gasteiger partial charge < -0.3 is 43.7 Å². The van der Waals surface area contributed by atoms with Crippen molar-refractivity contribution in [2.75, 3.05) is 6.54 Å². The minimum absolute atomic E-state index is 0.117. The lowest BCUT2D eigenvalue weighted by Crippen LogP contribution is -2.54. The highest BCUT2D eigenvalue weighted by Crippen LogP contribution is 2.18. The van der Waals surface area contributed by atoms with Crippen LogP contribution in [0, 0.1) is 0 Å². The van der Waals surface area contributed by atoms with Crippen LogP contribution >= 0.6 is 0 Å². The summed E-state index contributed by atoms with van der Waals surface area (Å²) < 4.78 is 0. The van der Waals surface area contributed by atoms with E-state index in [2.05, 4.69) is 20.6 Å². The summed E-state index contributed by atoms with van der Waals surface area (Å²) in [6.45, 7) is 0.202. The van der Waals surface area contributed by atoms with Crippen LogP contribution in [0.3, 0.4) is 0 Å². The SMILES string of the molecule is NC(=O)CCC(NC(=O)C(CCCN=C(N)N)NC(=O)C(N)Cc1c[nH]c2ccccc12)C(=O)O. The normalized spacial score (nSPS) is 13.4. The molecule has 13 heteroatoms. The van der Waals surface area contributed by atoms with Gasteiger partial charge in [0.15, 0.2) is 5.96 Å².